The first-order chi connectivity index (χ1) is 6.19. The number of rotatable bonds is 1. The largest absolute Gasteiger partial charge is 0.257 e. The van der Waals surface area contributed by atoms with E-state index in [0.29, 0.717) is 5.69 Å². The van der Waals surface area contributed by atoms with Crippen LogP contribution in [0.15, 0.2) is 16.7 Å². The number of aromatic nitrogens is 1. The summed E-state index contributed by atoms with van der Waals surface area (Å²) in [5.74, 6) is -0.770. The summed E-state index contributed by atoms with van der Waals surface area (Å²) in [5.41, 5.74) is 1.38. The number of hydrogen-bond acceptors (Lipinski definition) is 3. The number of halogens is 1. The standard InChI is InChI=1S/C9H6BrN3/c1-6-2-8(10)5-13-9(6)7(3-11)4-12/h2,5,7H,1H3. The maximum Gasteiger partial charge on any atom is 0.175 e. The molecule has 0 bridgehead atoms. The van der Waals surface area contributed by atoms with Crippen molar-refractivity contribution in [3.05, 3.63) is 28.0 Å². The molecule has 13 heavy (non-hydrogen) atoms. The van der Waals surface area contributed by atoms with E-state index in [2.05, 4.69) is 20.9 Å². The number of hydrogen-bond donors (Lipinski definition) is 0. The van der Waals surface area contributed by atoms with Crippen molar-refractivity contribution in [3.63, 3.8) is 0 Å². The molecule has 0 saturated heterocycles. The van der Waals surface area contributed by atoms with Crippen LogP contribution in [0.5, 0.6) is 0 Å². The summed E-state index contributed by atoms with van der Waals surface area (Å²) < 4.78 is 0.850. The summed E-state index contributed by atoms with van der Waals surface area (Å²) in [6.07, 6.45) is 1.59. The van der Waals surface area contributed by atoms with E-state index in [9.17, 15) is 0 Å². The van der Waals surface area contributed by atoms with Gasteiger partial charge in [0.25, 0.3) is 0 Å². The van der Waals surface area contributed by atoms with Crippen molar-refractivity contribution in [2.45, 2.75) is 12.8 Å². The second-order valence-electron chi connectivity index (χ2n) is 2.55. The topological polar surface area (TPSA) is 60.5 Å². The van der Waals surface area contributed by atoms with Crippen molar-refractivity contribution in [1.29, 1.82) is 10.5 Å². The van der Waals surface area contributed by atoms with Gasteiger partial charge in [-0.25, -0.2) is 0 Å². The van der Waals surface area contributed by atoms with E-state index in [1.807, 2.05) is 25.1 Å². The quantitative estimate of drug-likeness (QED) is 0.751. The number of aryl methyl sites for hydroxylation is 1. The van der Waals surface area contributed by atoms with Gasteiger partial charge in [-0.15, -0.1) is 0 Å². The molecule has 0 aliphatic carbocycles. The third-order valence-corrected chi connectivity index (χ3v) is 2.05. The van der Waals surface area contributed by atoms with Gasteiger partial charge >= 0.3 is 0 Å². The summed E-state index contributed by atoms with van der Waals surface area (Å²) in [7, 11) is 0. The second kappa shape index (κ2) is 4.02. The van der Waals surface area contributed by atoms with Crippen LogP contribution in [0, 0.1) is 29.6 Å². The molecule has 0 N–H and O–H groups in total. The van der Waals surface area contributed by atoms with Gasteiger partial charge < -0.3 is 0 Å². The minimum atomic E-state index is -0.770. The van der Waals surface area contributed by atoms with E-state index < -0.39 is 5.92 Å². The van der Waals surface area contributed by atoms with Crippen molar-refractivity contribution in [2.24, 2.45) is 0 Å². The van der Waals surface area contributed by atoms with Gasteiger partial charge in [-0.1, -0.05) is 0 Å². The van der Waals surface area contributed by atoms with Crippen molar-refractivity contribution in [3.8, 4) is 12.1 Å². The Morgan fingerprint density at radius 1 is 1.46 bits per heavy atom. The van der Waals surface area contributed by atoms with Crippen LogP contribution < -0.4 is 0 Å². The Morgan fingerprint density at radius 3 is 2.54 bits per heavy atom. The molecule has 0 amide bonds. The molecule has 0 radical (unpaired) electrons. The first-order valence-electron chi connectivity index (χ1n) is 3.60. The predicted octanol–water partition coefficient (Wildman–Crippen LogP) is 2.28. The normalized spacial score (nSPS) is 9.31. The van der Waals surface area contributed by atoms with Gasteiger partial charge in [0.05, 0.1) is 17.8 Å². The fraction of sp³-hybridized carbons (Fsp3) is 0.222. The number of nitrogens with zero attached hydrogens (tertiary/aromatic N) is 3. The van der Waals surface area contributed by atoms with Crippen LogP contribution in [0.2, 0.25) is 0 Å². The maximum atomic E-state index is 8.65. The molecule has 0 aliphatic rings. The zero-order chi connectivity index (χ0) is 9.84. The molecule has 64 valence electrons. The van der Waals surface area contributed by atoms with Gasteiger partial charge in [0.15, 0.2) is 5.92 Å². The molecule has 3 nitrogen and oxygen atoms in total. The fourth-order valence-electron chi connectivity index (χ4n) is 1.00. The number of pyridine rings is 1. The predicted molar refractivity (Wildman–Crippen MR) is 50.6 cm³/mol. The highest BCUT2D eigenvalue weighted by Crippen LogP contribution is 2.19. The van der Waals surface area contributed by atoms with Gasteiger partial charge in [-0.05, 0) is 34.5 Å². The lowest BCUT2D eigenvalue weighted by Gasteiger charge is -2.03. The lowest BCUT2D eigenvalue weighted by atomic mass is 10.0. The molecule has 0 unspecified atom stereocenters. The summed E-state index contributed by atoms with van der Waals surface area (Å²) in [5, 5.41) is 17.3. The van der Waals surface area contributed by atoms with Crippen LogP contribution in [0.3, 0.4) is 0 Å². The van der Waals surface area contributed by atoms with E-state index in [-0.39, 0.29) is 0 Å². The first kappa shape index (κ1) is 9.70. The minimum absolute atomic E-state index is 0.535. The molecule has 0 fully saturated rings. The average molecular weight is 236 g/mol. The smallest absolute Gasteiger partial charge is 0.175 e. The highest BCUT2D eigenvalue weighted by atomic mass is 79.9. The van der Waals surface area contributed by atoms with Gasteiger partial charge in [-0.3, -0.25) is 4.98 Å². The van der Waals surface area contributed by atoms with Crippen molar-refractivity contribution < 1.29 is 0 Å². The molecule has 1 aromatic rings. The molecule has 4 heteroatoms. The van der Waals surface area contributed by atoms with Crippen molar-refractivity contribution >= 4 is 15.9 Å². The molecule has 0 aromatic carbocycles. The van der Waals surface area contributed by atoms with E-state index in [4.69, 9.17) is 10.5 Å². The van der Waals surface area contributed by atoms with Crippen LogP contribution >= 0.6 is 15.9 Å². The summed E-state index contributed by atoms with van der Waals surface area (Å²) >= 11 is 3.26. The molecular weight excluding hydrogens is 230 g/mol. The maximum absolute atomic E-state index is 8.65. The van der Waals surface area contributed by atoms with E-state index in [0.717, 1.165) is 10.0 Å². The lowest BCUT2D eigenvalue weighted by molar-refractivity contribution is 0.985. The molecule has 0 saturated carbocycles. The van der Waals surface area contributed by atoms with E-state index >= 15 is 0 Å². The Labute approximate surface area is 84.8 Å². The molecule has 1 rings (SSSR count). The van der Waals surface area contributed by atoms with Crippen LogP contribution in [0.25, 0.3) is 0 Å². The van der Waals surface area contributed by atoms with Gasteiger partial charge in [0, 0.05) is 10.7 Å². The lowest BCUT2D eigenvalue weighted by Crippen LogP contribution is -1.99. The summed E-state index contributed by atoms with van der Waals surface area (Å²) in [6, 6.07) is 5.62. The molecule has 0 spiro atoms. The highest BCUT2D eigenvalue weighted by Gasteiger charge is 2.13. The summed E-state index contributed by atoms with van der Waals surface area (Å²) in [4.78, 5) is 4.03. The van der Waals surface area contributed by atoms with Crippen LogP contribution in [-0.2, 0) is 0 Å². The third-order valence-electron chi connectivity index (χ3n) is 1.62. The zero-order valence-corrected chi connectivity index (χ0v) is 8.54. The molecule has 1 heterocycles. The SMILES string of the molecule is Cc1cc(Br)cnc1C(C#N)C#N. The van der Waals surface area contributed by atoms with Gasteiger partial charge in [0.1, 0.15) is 0 Å². The van der Waals surface area contributed by atoms with E-state index in [1.165, 1.54) is 0 Å². The Bertz CT molecular complexity index is 386. The van der Waals surface area contributed by atoms with Crippen LogP contribution in [0.4, 0.5) is 0 Å². The third kappa shape index (κ3) is 2.05. The molecule has 1 aromatic heterocycles. The van der Waals surface area contributed by atoms with Crippen LogP contribution in [-0.4, -0.2) is 4.98 Å². The Hall–Kier alpha value is -1.39. The average Bonchev–Trinajstić information content (AvgIpc) is 2.10. The Morgan fingerprint density at radius 2 is 2.08 bits per heavy atom. The highest BCUT2D eigenvalue weighted by molar-refractivity contribution is 9.10. The minimum Gasteiger partial charge on any atom is -0.257 e. The monoisotopic (exact) mass is 235 g/mol. The Balaban J connectivity index is 3.18. The second-order valence-corrected chi connectivity index (χ2v) is 3.46. The number of nitriles is 2. The van der Waals surface area contributed by atoms with Crippen molar-refractivity contribution in [2.75, 3.05) is 0 Å². The van der Waals surface area contributed by atoms with Gasteiger partial charge in [0.2, 0.25) is 0 Å². The van der Waals surface area contributed by atoms with Gasteiger partial charge in [-0.2, -0.15) is 10.5 Å². The van der Waals surface area contributed by atoms with Crippen LogP contribution in [0.1, 0.15) is 17.2 Å². The molecular formula is C9H6BrN3. The van der Waals surface area contributed by atoms with E-state index in [1.54, 1.807) is 6.20 Å². The summed E-state index contributed by atoms with van der Waals surface area (Å²) in [6.45, 7) is 1.83. The molecule has 0 aliphatic heterocycles. The molecule has 0 atom stereocenters. The Kier molecular flexibility index (Phi) is 3.00. The first-order valence-corrected chi connectivity index (χ1v) is 4.39. The van der Waals surface area contributed by atoms with Crippen molar-refractivity contribution in [1.82, 2.24) is 4.98 Å². The fourth-order valence-corrected chi connectivity index (χ4v) is 1.45. The zero-order valence-electron chi connectivity index (χ0n) is 6.95.